The highest BCUT2D eigenvalue weighted by Crippen LogP contribution is 2.19. The third kappa shape index (κ3) is 4.99. The number of halogens is 1. The summed E-state index contributed by atoms with van der Waals surface area (Å²) in [6, 6.07) is 5.65. The number of carbonyl (C=O) groups is 1. The van der Waals surface area contributed by atoms with Gasteiger partial charge in [0.1, 0.15) is 0 Å². The van der Waals surface area contributed by atoms with Crippen LogP contribution >= 0.6 is 11.6 Å². The predicted octanol–water partition coefficient (Wildman–Crippen LogP) is 2.66. The van der Waals surface area contributed by atoms with Crippen molar-refractivity contribution in [2.24, 2.45) is 5.73 Å². The molecular weight excluding hydrogens is 288 g/mol. The summed E-state index contributed by atoms with van der Waals surface area (Å²) in [4.78, 5) is 12.1. The normalized spacial score (nSPS) is 22.0. The van der Waals surface area contributed by atoms with Crippen LogP contribution in [0.3, 0.4) is 0 Å². The van der Waals surface area contributed by atoms with Crippen LogP contribution < -0.4 is 11.1 Å². The third-order valence-corrected chi connectivity index (χ3v) is 4.14. The molecule has 1 aliphatic rings. The van der Waals surface area contributed by atoms with Crippen LogP contribution in [0.4, 0.5) is 0 Å². The summed E-state index contributed by atoms with van der Waals surface area (Å²) >= 11 is 5.92. The zero-order chi connectivity index (χ0) is 15.2. The Morgan fingerprint density at radius 1 is 1.38 bits per heavy atom. The quantitative estimate of drug-likeness (QED) is 0.822. The molecule has 0 saturated heterocycles. The fourth-order valence-electron chi connectivity index (χ4n) is 2.58. The van der Waals surface area contributed by atoms with Crippen LogP contribution in [-0.2, 0) is 4.74 Å². The highest BCUT2D eigenvalue weighted by molar-refractivity contribution is 6.31. The SMILES string of the molecule is Cc1ccc(Cl)cc1C(=O)NCCOC1CCC(N)CC1. The Morgan fingerprint density at radius 3 is 2.81 bits per heavy atom. The molecule has 1 aromatic carbocycles. The first-order valence-corrected chi connectivity index (χ1v) is 7.85. The summed E-state index contributed by atoms with van der Waals surface area (Å²) in [5.74, 6) is -0.107. The molecule has 0 atom stereocenters. The van der Waals surface area contributed by atoms with Crippen molar-refractivity contribution in [2.45, 2.75) is 44.8 Å². The summed E-state index contributed by atoms with van der Waals surface area (Å²) in [6.07, 6.45) is 4.37. The maximum atomic E-state index is 12.1. The Bertz CT molecular complexity index is 485. The Balaban J connectivity index is 1.71. The number of nitrogens with one attached hydrogen (secondary N) is 1. The van der Waals surface area contributed by atoms with Gasteiger partial charge in [0.05, 0.1) is 12.7 Å². The minimum atomic E-state index is -0.107. The van der Waals surface area contributed by atoms with Gasteiger partial charge in [-0.05, 0) is 50.3 Å². The highest BCUT2D eigenvalue weighted by atomic mass is 35.5. The van der Waals surface area contributed by atoms with Crippen LogP contribution in [0.15, 0.2) is 18.2 Å². The number of hydrogen-bond donors (Lipinski definition) is 2. The van der Waals surface area contributed by atoms with Crippen molar-refractivity contribution in [3.63, 3.8) is 0 Å². The van der Waals surface area contributed by atoms with Gasteiger partial charge >= 0.3 is 0 Å². The van der Waals surface area contributed by atoms with Crippen LogP contribution in [0.2, 0.25) is 5.02 Å². The summed E-state index contributed by atoms with van der Waals surface area (Å²) in [6.45, 7) is 2.94. The predicted molar refractivity (Wildman–Crippen MR) is 84.7 cm³/mol. The van der Waals surface area contributed by atoms with Gasteiger partial charge in [0.2, 0.25) is 0 Å². The molecule has 1 aromatic rings. The van der Waals surface area contributed by atoms with E-state index >= 15 is 0 Å². The average molecular weight is 311 g/mol. The van der Waals surface area contributed by atoms with E-state index in [0.29, 0.717) is 29.8 Å². The minimum absolute atomic E-state index is 0.107. The second-order valence-corrected chi connectivity index (χ2v) is 6.06. The molecule has 3 N–H and O–H groups in total. The van der Waals surface area contributed by atoms with Crippen LogP contribution in [0, 0.1) is 6.92 Å². The van der Waals surface area contributed by atoms with Gasteiger partial charge in [-0.15, -0.1) is 0 Å². The van der Waals surface area contributed by atoms with Gasteiger partial charge in [-0.3, -0.25) is 4.79 Å². The van der Waals surface area contributed by atoms with Gasteiger partial charge < -0.3 is 15.8 Å². The monoisotopic (exact) mass is 310 g/mol. The molecule has 1 aliphatic carbocycles. The molecule has 0 aromatic heterocycles. The number of carbonyl (C=O) groups excluding carboxylic acids is 1. The molecule has 0 aliphatic heterocycles. The molecule has 21 heavy (non-hydrogen) atoms. The van der Waals surface area contributed by atoms with E-state index < -0.39 is 0 Å². The van der Waals surface area contributed by atoms with Gasteiger partial charge in [0.15, 0.2) is 0 Å². The van der Waals surface area contributed by atoms with E-state index in [0.717, 1.165) is 31.2 Å². The standard InChI is InChI=1S/C16H23ClN2O2/c1-11-2-3-12(17)10-15(11)16(20)19-8-9-21-14-6-4-13(18)5-7-14/h2-3,10,13-14H,4-9,18H2,1H3,(H,19,20). The summed E-state index contributed by atoms with van der Waals surface area (Å²) in [5, 5.41) is 3.44. The summed E-state index contributed by atoms with van der Waals surface area (Å²) in [7, 11) is 0. The third-order valence-electron chi connectivity index (χ3n) is 3.90. The van der Waals surface area contributed by atoms with E-state index in [-0.39, 0.29) is 12.0 Å². The number of ether oxygens (including phenoxy) is 1. The van der Waals surface area contributed by atoms with E-state index in [1.165, 1.54) is 0 Å². The first kappa shape index (κ1) is 16.3. The zero-order valence-electron chi connectivity index (χ0n) is 12.4. The van der Waals surface area contributed by atoms with Gasteiger partial charge in [-0.25, -0.2) is 0 Å². The van der Waals surface area contributed by atoms with Crippen LogP contribution in [0.1, 0.15) is 41.6 Å². The zero-order valence-corrected chi connectivity index (χ0v) is 13.2. The van der Waals surface area contributed by atoms with Gasteiger partial charge in [0, 0.05) is 23.2 Å². The van der Waals surface area contributed by atoms with Crippen molar-refractivity contribution in [3.05, 3.63) is 34.3 Å². The molecular formula is C16H23ClN2O2. The molecule has 5 heteroatoms. The fourth-order valence-corrected chi connectivity index (χ4v) is 2.75. The van der Waals surface area contributed by atoms with Crippen molar-refractivity contribution in [1.82, 2.24) is 5.32 Å². The maximum Gasteiger partial charge on any atom is 0.251 e. The summed E-state index contributed by atoms with van der Waals surface area (Å²) in [5.41, 5.74) is 7.39. The van der Waals surface area contributed by atoms with Crippen LogP contribution in [0.5, 0.6) is 0 Å². The number of rotatable bonds is 5. The lowest BCUT2D eigenvalue weighted by Crippen LogP contribution is -2.33. The van der Waals surface area contributed by atoms with E-state index in [2.05, 4.69) is 5.32 Å². The number of hydrogen-bond acceptors (Lipinski definition) is 3. The Labute approximate surface area is 131 Å². The molecule has 116 valence electrons. The molecule has 0 spiro atoms. The van der Waals surface area contributed by atoms with Gasteiger partial charge in [0.25, 0.3) is 5.91 Å². The fraction of sp³-hybridized carbons (Fsp3) is 0.562. The van der Waals surface area contributed by atoms with Crippen molar-refractivity contribution in [1.29, 1.82) is 0 Å². The molecule has 0 unspecified atom stereocenters. The average Bonchev–Trinajstić information content (AvgIpc) is 2.47. The molecule has 0 heterocycles. The number of aryl methyl sites for hydroxylation is 1. The number of nitrogens with two attached hydrogens (primary N) is 1. The molecule has 0 bridgehead atoms. The number of benzene rings is 1. The van der Waals surface area contributed by atoms with Crippen molar-refractivity contribution in [2.75, 3.05) is 13.2 Å². The molecule has 2 rings (SSSR count). The van der Waals surface area contributed by atoms with Crippen LogP contribution in [0.25, 0.3) is 0 Å². The first-order chi connectivity index (χ1) is 10.1. The van der Waals surface area contributed by atoms with Crippen molar-refractivity contribution < 1.29 is 9.53 Å². The van der Waals surface area contributed by atoms with Crippen molar-refractivity contribution >= 4 is 17.5 Å². The topological polar surface area (TPSA) is 64.3 Å². The Morgan fingerprint density at radius 2 is 2.10 bits per heavy atom. The maximum absolute atomic E-state index is 12.1. The van der Waals surface area contributed by atoms with E-state index in [9.17, 15) is 4.79 Å². The van der Waals surface area contributed by atoms with Crippen LogP contribution in [-0.4, -0.2) is 31.2 Å². The second-order valence-electron chi connectivity index (χ2n) is 5.62. The van der Waals surface area contributed by atoms with E-state index in [1.54, 1.807) is 12.1 Å². The number of amides is 1. The Hall–Kier alpha value is -1.10. The van der Waals surface area contributed by atoms with Crippen molar-refractivity contribution in [3.8, 4) is 0 Å². The summed E-state index contributed by atoms with van der Waals surface area (Å²) < 4.78 is 5.78. The first-order valence-electron chi connectivity index (χ1n) is 7.48. The molecule has 0 radical (unpaired) electrons. The molecule has 1 amide bonds. The molecule has 1 saturated carbocycles. The smallest absolute Gasteiger partial charge is 0.251 e. The largest absolute Gasteiger partial charge is 0.376 e. The second kappa shape index (κ2) is 7.78. The van der Waals surface area contributed by atoms with Gasteiger partial charge in [-0.2, -0.15) is 0 Å². The molecule has 4 nitrogen and oxygen atoms in total. The lowest BCUT2D eigenvalue weighted by Gasteiger charge is -2.26. The van der Waals surface area contributed by atoms with E-state index in [4.69, 9.17) is 22.1 Å². The van der Waals surface area contributed by atoms with Gasteiger partial charge in [-0.1, -0.05) is 17.7 Å². The molecule has 1 fully saturated rings. The highest BCUT2D eigenvalue weighted by Gasteiger charge is 2.18. The van der Waals surface area contributed by atoms with E-state index in [1.807, 2.05) is 13.0 Å². The minimum Gasteiger partial charge on any atom is -0.376 e. The Kier molecular flexibility index (Phi) is 6.03. The lowest BCUT2D eigenvalue weighted by atomic mass is 9.94. The lowest BCUT2D eigenvalue weighted by molar-refractivity contribution is 0.0267.